The molecule has 49 heavy (non-hydrogen) atoms. The van der Waals surface area contributed by atoms with Crippen molar-refractivity contribution in [3.63, 3.8) is 0 Å². The number of aliphatic carboxylic acids is 1. The summed E-state index contributed by atoms with van der Waals surface area (Å²) >= 11 is 13.8. The van der Waals surface area contributed by atoms with E-state index in [9.17, 15) is 19.8 Å². The molecule has 10 nitrogen and oxygen atoms in total. The molecular formula is C37H37Cl2N5O5. The van der Waals surface area contributed by atoms with Crippen LogP contribution in [0.1, 0.15) is 42.4 Å². The molecule has 12 heteroatoms. The van der Waals surface area contributed by atoms with E-state index in [1.807, 2.05) is 36.4 Å². The van der Waals surface area contributed by atoms with Crippen molar-refractivity contribution in [2.75, 3.05) is 13.7 Å². The van der Waals surface area contributed by atoms with E-state index in [2.05, 4.69) is 45.2 Å². The lowest BCUT2D eigenvalue weighted by molar-refractivity contribution is -0.140. The molecule has 1 amide bonds. The van der Waals surface area contributed by atoms with E-state index in [1.165, 1.54) is 12.7 Å². The Kier molecular flexibility index (Phi) is 10.8. The van der Waals surface area contributed by atoms with Crippen LogP contribution in [0.3, 0.4) is 0 Å². The quantitative estimate of drug-likeness (QED) is 0.106. The number of ether oxygens (including phenoxy) is 1. The summed E-state index contributed by atoms with van der Waals surface area (Å²) in [5, 5.41) is 34.5. The number of carboxylic acid groups (broad SMARTS) is 1. The molecular weight excluding hydrogens is 665 g/mol. The number of aryl methyl sites for hydroxylation is 1. The fourth-order valence-electron chi connectivity index (χ4n) is 6.30. The molecule has 1 fully saturated rings. The van der Waals surface area contributed by atoms with Crippen LogP contribution in [0.4, 0.5) is 0 Å². The number of carboxylic acids is 1. The number of nitrogens with zero attached hydrogens (tertiary/aromatic N) is 3. The first kappa shape index (κ1) is 34.4. The van der Waals surface area contributed by atoms with Gasteiger partial charge in [-0.3, -0.25) is 14.9 Å². The smallest absolute Gasteiger partial charge is 0.323 e. The van der Waals surface area contributed by atoms with Crippen molar-refractivity contribution in [1.29, 1.82) is 0 Å². The van der Waals surface area contributed by atoms with Gasteiger partial charge in [0.15, 0.2) is 0 Å². The van der Waals surface area contributed by atoms with E-state index >= 15 is 0 Å². The van der Waals surface area contributed by atoms with Gasteiger partial charge in [-0.1, -0.05) is 83.0 Å². The zero-order valence-electron chi connectivity index (χ0n) is 27.0. The van der Waals surface area contributed by atoms with Gasteiger partial charge in [-0.2, -0.15) is 0 Å². The zero-order chi connectivity index (χ0) is 34.5. The highest BCUT2D eigenvalue weighted by Crippen LogP contribution is 2.39. The van der Waals surface area contributed by atoms with Crippen molar-refractivity contribution in [2.45, 2.75) is 57.3 Å². The highest BCUT2D eigenvalue weighted by atomic mass is 35.5. The van der Waals surface area contributed by atoms with Crippen LogP contribution in [0.15, 0.2) is 72.8 Å². The molecule has 2 atom stereocenters. The van der Waals surface area contributed by atoms with Gasteiger partial charge in [-0.15, -0.1) is 5.10 Å². The topological polar surface area (TPSA) is 139 Å². The molecule has 2 heterocycles. The maximum absolute atomic E-state index is 11.5. The normalized spacial score (nSPS) is 15.0. The van der Waals surface area contributed by atoms with Crippen molar-refractivity contribution in [3.8, 4) is 28.0 Å². The van der Waals surface area contributed by atoms with E-state index < -0.39 is 18.6 Å². The minimum absolute atomic E-state index is 0.142. The van der Waals surface area contributed by atoms with Crippen LogP contribution in [-0.2, 0) is 29.1 Å². The number of carbonyl (C=O) groups excluding carboxylic acids is 1. The predicted octanol–water partition coefficient (Wildman–Crippen LogP) is 6.27. The number of aliphatic hydroxyl groups is 1. The van der Waals surface area contributed by atoms with Crippen LogP contribution >= 0.6 is 23.2 Å². The average Bonchev–Trinajstić information content (AvgIpc) is 3.72. The highest BCUT2D eigenvalue weighted by Gasteiger charge is 2.21. The van der Waals surface area contributed by atoms with Gasteiger partial charge in [-0.05, 0) is 60.6 Å². The molecule has 0 saturated carbocycles. The number of aromatic nitrogens is 3. The first-order chi connectivity index (χ1) is 23.7. The average molecular weight is 703 g/mol. The summed E-state index contributed by atoms with van der Waals surface area (Å²) in [5.74, 6) is -0.467. The number of amides is 1. The number of methoxy groups -OCH3 is 1. The second kappa shape index (κ2) is 15.4. The molecule has 0 radical (unpaired) electrons. The van der Waals surface area contributed by atoms with Crippen molar-refractivity contribution < 1.29 is 24.5 Å². The van der Waals surface area contributed by atoms with E-state index in [1.54, 1.807) is 16.8 Å². The van der Waals surface area contributed by atoms with Gasteiger partial charge in [0.1, 0.15) is 17.3 Å². The largest absolute Gasteiger partial charge is 0.496 e. The maximum atomic E-state index is 11.5. The van der Waals surface area contributed by atoms with Crippen LogP contribution < -0.4 is 15.4 Å². The summed E-state index contributed by atoms with van der Waals surface area (Å²) in [4.78, 5) is 22.8. The molecule has 1 aromatic heterocycles. The molecule has 0 spiro atoms. The highest BCUT2D eigenvalue weighted by molar-refractivity contribution is 6.36. The molecule has 0 unspecified atom stereocenters. The molecule has 0 aliphatic carbocycles. The Labute approximate surface area is 294 Å². The van der Waals surface area contributed by atoms with Crippen molar-refractivity contribution in [3.05, 3.63) is 99.5 Å². The molecule has 1 aliphatic heterocycles. The number of halogens is 2. The minimum Gasteiger partial charge on any atom is -0.496 e. The molecule has 0 bridgehead atoms. The molecule has 1 saturated heterocycles. The number of hydrogen-bond acceptors (Lipinski definition) is 7. The maximum Gasteiger partial charge on any atom is 0.323 e. The first-order valence-corrected chi connectivity index (χ1v) is 16.9. The fourth-order valence-corrected chi connectivity index (χ4v) is 6.88. The molecule has 5 aromatic rings. The Hall–Kier alpha value is -4.48. The van der Waals surface area contributed by atoms with E-state index in [0.29, 0.717) is 45.9 Å². The summed E-state index contributed by atoms with van der Waals surface area (Å²) in [6.07, 6.45) is 4.53. The van der Waals surface area contributed by atoms with Gasteiger partial charge in [-0.25, -0.2) is 4.68 Å². The van der Waals surface area contributed by atoms with Crippen LogP contribution in [0.5, 0.6) is 5.75 Å². The summed E-state index contributed by atoms with van der Waals surface area (Å²) in [7, 11) is 1.53. The summed E-state index contributed by atoms with van der Waals surface area (Å²) in [6.45, 7) is -0.0897. The van der Waals surface area contributed by atoms with Gasteiger partial charge in [0, 0.05) is 46.3 Å². The van der Waals surface area contributed by atoms with Gasteiger partial charge < -0.3 is 20.3 Å². The Balaban J connectivity index is 1.20. The first-order valence-electron chi connectivity index (χ1n) is 16.2. The monoisotopic (exact) mass is 701 g/mol. The third kappa shape index (κ3) is 7.73. The number of nitrogens with one attached hydrogen (secondary N) is 2. The lowest BCUT2D eigenvalue weighted by Gasteiger charge is -2.16. The van der Waals surface area contributed by atoms with Gasteiger partial charge in [0.2, 0.25) is 5.91 Å². The van der Waals surface area contributed by atoms with Crippen LogP contribution in [0.2, 0.25) is 10.0 Å². The second-order valence-electron chi connectivity index (χ2n) is 12.2. The third-order valence-electron chi connectivity index (χ3n) is 8.99. The summed E-state index contributed by atoms with van der Waals surface area (Å²) in [6, 6.07) is 23.1. The fraction of sp³-hybridized carbons (Fsp3) is 0.297. The number of rotatable bonds is 14. The number of benzene rings is 4. The second-order valence-corrected chi connectivity index (χ2v) is 13.0. The number of carbonyl (C=O) groups is 2. The van der Waals surface area contributed by atoms with Crippen molar-refractivity contribution in [2.24, 2.45) is 0 Å². The Morgan fingerprint density at radius 1 is 1.06 bits per heavy atom. The van der Waals surface area contributed by atoms with Gasteiger partial charge in [0.25, 0.3) is 0 Å². The number of fused-ring (bicyclic) bond motifs is 1. The predicted molar refractivity (Wildman–Crippen MR) is 190 cm³/mol. The number of hydrogen-bond donors (Lipinski definition) is 4. The minimum atomic E-state index is -1.15. The van der Waals surface area contributed by atoms with Crippen LogP contribution in [-0.4, -0.2) is 62.9 Å². The van der Waals surface area contributed by atoms with E-state index in [4.69, 9.17) is 27.9 Å². The van der Waals surface area contributed by atoms with Crippen LogP contribution in [0, 0.1) is 0 Å². The SMILES string of the molecule is COc1cc(Cn2nnc3c(-c4cccc(-c5ccc(CCC[C@@H]6CCC(=O)N6)cc5)c4Cl)cccc32)c(Cl)cc1CN[C@@H](CO)C(=O)O. The Bertz CT molecular complexity index is 1980. The van der Waals surface area contributed by atoms with Crippen molar-refractivity contribution >= 4 is 46.1 Å². The molecule has 254 valence electrons. The zero-order valence-corrected chi connectivity index (χ0v) is 28.5. The Morgan fingerprint density at radius 3 is 2.53 bits per heavy atom. The van der Waals surface area contributed by atoms with Crippen molar-refractivity contribution in [1.82, 2.24) is 25.6 Å². The molecule has 1 aliphatic rings. The van der Waals surface area contributed by atoms with E-state index in [-0.39, 0.29) is 12.5 Å². The molecule has 4 N–H and O–H groups in total. The standard InChI is InChI=1S/C37H37Cl2N5O5/c1-49-33-18-25(30(38)17-24(33)19-40-31(21-45)37(47)48)20-44-32-10-4-9-29(36(32)42-43-44)28-8-3-7-27(35(28)39)23-13-11-22(12-14-23)5-2-6-26-15-16-34(46)41-26/h3-4,7-14,17-18,26,31,40,45H,2,5-6,15-16,19-21H2,1H3,(H,41,46)(H,47,48)/t26-,31+/m1/s1. The van der Waals surface area contributed by atoms with Gasteiger partial charge >= 0.3 is 5.97 Å². The lowest BCUT2D eigenvalue weighted by Crippen LogP contribution is -2.39. The summed E-state index contributed by atoms with van der Waals surface area (Å²) in [5.41, 5.74) is 7.78. The summed E-state index contributed by atoms with van der Waals surface area (Å²) < 4.78 is 7.34. The molecule has 4 aromatic carbocycles. The van der Waals surface area contributed by atoms with Gasteiger partial charge in [0.05, 0.1) is 30.8 Å². The third-order valence-corrected chi connectivity index (χ3v) is 9.75. The molecule has 6 rings (SSSR count). The van der Waals surface area contributed by atoms with Crippen LogP contribution in [0.25, 0.3) is 33.3 Å². The lowest BCUT2D eigenvalue weighted by atomic mass is 9.96. The van der Waals surface area contributed by atoms with E-state index in [0.717, 1.165) is 59.0 Å². The Morgan fingerprint density at radius 2 is 1.82 bits per heavy atom. The number of aliphatic hydroxyl groups excluding tert-OH is 1.